The summed E-state index contributed by atoms with van der Waals surface area (Å²) < 4.78 is 5.47. The predicted octanol–water partition coefficient (Wildman–Crippen LogP) is 2.55. The summed E-state index contributed by atoms with van der Waals surface area (Å²) in [5, 5.41) is 21.8. The van der Waals surface area contributed by atoms with Gasteiger partial charge in [0.25, 0.3) is 0 Å². The van der Waals surface area contributed by atoms with Gasteiger partial charge in [-0.15, -0.1) is 0 Å². The fourth-order valence-electron chi connectivity index (χ4n) is 1.88. The van der Waals surface area contributed by atoms with Crippen LogP contribution in [-0.2, 0) is 11.3 Å². The van der Waals surface area contributed by atoms with Crippen LogP contribution in [0.4, 0.5) is 5.69 Å². The molecule has 0 saturated heterocycles. The van der Waals surface area contributed by atoms with E-state index in [-0.39, 0.29) is 6.61 Å². The molecule has 1 unspecified atom stereocenters. The number of anilines is 1. The molecule has 108 valence electrons. The van der Waals surface area contributed by atoms with E-state index < -0.39 is 6.10 Å². The van der Waals surface area contributed by atoms with E-state index >= 15 is 0 Å². The Balaban J connectivity index is 1.70. The van der Waals surface area contributed by atoms with Crippen LogP contribution >= 0.6 is 0 Å². The fraction of sp³-hybridized carbons (Fsp3) is 0.235. The number of aliphatic hydroxyl groups excluding tert-OH is 1. The Bertz CT molecular complexity index is 593. The Morgan fingerprint density at radius 2 is 1.95 bits per heavy atom. The molecule has 0 spiro atoms. The maximum Gasteiger partial charge on any atom is 0.0992 e. The fourth-order valence-corrected chi connectivity index (χ4v) is 1.88. The minimum atomic E-state index is -0.598. The summed E-state index contributed by atoms with van der Waals surface area (Å²) in [6.07, 6.45) is -0.598. The lowest BCUT2D eigenvalue weighted by atomic mass is 10.2. The summed E-state index contributed by atoms with van der Waals surface area (Å²) in [6, 6.07) is 19.1. The lowest BCUT2D eigenvalue weighted by Gasteiger charge is -2.13. The van der Waals surface area contributed by atoms with Crippen LogP contribution in [0.3, 0.4) is 0 Å². The van der Waals surface area contributed by atoms with Crippen molar-refractivity contribution in [1.82, 2.24) is 0 Å². The molecular formula is C17H18N2O2. The highest BCUT2D eigenvalue weighted by molar-refractivity contribution is 5.49. The Kier molecular flexibility index (Phi) is 5.77. The second-order valence-corrected chi connectivity index (χ2v) is 4.73. The van der Waals surface area contributed by atoms with Gasteiger partial charge in [0, 0.05) is 12.2 Å². The quantitative estimate of drug-likeness (QED) is 0.819. The number of nitrogens with zero attached hydrogens (tertiary/aromatic N) is 1. The summed E-state index contributed by atoms with van der Waals surface area (Å²) >= 11 is 0. The largest absolute Gasteiger partial charge is 0.389 e. The second kappa shape index (κ2) is 8.05. The van der Waals surface area contributed by atoms with Crippen molar-refractivity contribution in [2.45, 2.75) is 12.7 Å². The maximum atomic E-state index is 9.86. The number of aliphatic hydroxyl groups is 1. The van der Waals surface area contributed by atoms with Gasteiger partial charge in [-0.25, -0.2) is 0 Å². The minimum Gasteiger partial charge on any atom is -0.389 e. The molecular weight excluding hydrogens is 264 g/mol. The molecule has 21 heavy (non-hydrogen) atoms. The minimum absolute atomic E-state index is 0.264. The number of benzene rings is 2. The highest BCUT2D eigenvalue weighted by atomic mass is 16.5. The van der Waals surface area contributed by atoms with Gasteiger partial charge in [-0.3, -0.25) is 0 Å². The first kappa shape index (κ1) is 15.0. The molecule has 2 N–H and O–H groups in total. The van der Waals surface area contributed by atoms with Crippen molar-refractivity contribution in [3.05, 3.63) is 65.7 Å². The zero-order valence-electron chi connectivity index (χ0n) is 11.7. The van der Waals surface area contributed by atoms with Crippen molar-refractivity contribution < 1.29 is 9.84 Å². The van der Waals surface area contributed by atoms with Gasteiger partial charge in [0.05, 0.1) is 31.0 Å². The summed E-state index contributed by atoms with van der Waals surface area (Å²) in [5.41, 5.74) is 2.49. The van der Waals surface area contributed by atoms with E-state index in [0.29, 0.717) is 18.7 Å². The topological polar surface area (TPSA) is 65.3 Å². The third-order valence-electron chi connectivity index (χ3n) is 2.96. The first-order chi connectivity index (χ1) is 10.3. The lowest BCUT2D eigenvalue weighted by molar-refractivity contribution is 0.0348. The van der Waals surface area contributed by atoms with Gasteiger partial charge in [0.1, 0.15) is 0 Å². The van der Waals surface area contributed by atoms with Crippen LogP contribution in [0.5, 0.6) is 0 Å². The van der Waals surface area contributed by atoms with Gasteiger partial charge in [0.2, 0.25) is 0 Å². The van der Waals surface area contributed by atoms with E-state index in [1.807, 2.05) is 36.4 Å². The highest BCUT2D eigenvalue weighted by Gasteiger charge is 2.04. The SMILES string of the molecule is N#Cc1cccc(NCC(O)COCc2ccccc2)c1. The van der Waals surface area contributed by atoms with Crippen molar-refractivity contribution >= 4 is 5.69 Å². The molecule has 2 aromatic carbocycles. The maximum absolute atomic E-state index is 9.86. The summed E-state index contributed by atoms with van der Waals surface area (Å²) in [5.74, 6) is 0. The molecule has 2 aromatic rings. The van der Waals surface area contributed by atoms with Crippen LogP contribution in [0.25, 0.3) is 0 Å². The predicted molar refractivity (Wildman–Crippen MR) is 81.8 cm³/mol. The molecule has 0 aliphatic rings. The van der Waals surface area contributed by atoms with E-state index in [1.165, 1.54) is 0 Å². The molecule has 0 aromatic heterocycles. The van der Waals surface area contributed by atoms with Crippen LogP contribution < -0.4 is 5.32 Å². The van der Waals surface area contributed by atoms with Crippen LogP contribution in [0.2, 0.25) is 0 Å². The molecule has 0 saturated carbocycles. The van der Waals surface area contributed by atoms with Gasteiger partial charge < -0.3 is 15.2 Å². The number of rotatable bonds is 7. The molecule has 0 fully saturated rings. The highest BCUT2D eigenvalue weighted by Crippen LogP contribution is 2.09. The van der Waals surface area contributed by atoms with Crippen LogP contribution in [0, 0.1) is 11.3 Å². The molecule has 1 atom stereocenters. The number of hydrogen-bond donors (Lipinski definition) is 2. The Morgan fingerprint density at radius 1 is 1.14 bits per heavy atom. The van der Waals surface area contributed by atoms with Crippen LogP contribution in [-0.4, -0.2) is 24.4 Å². The zero-order valence-corrected chi connectivity index (χ0v) is 11.7. The van der Waals surface area contributed by atoms with E-state index in [0.717, 1.165) is 11.3 Å². The number of nitrogens with one attached hydrogen (secondary N) is 1. The normalized spacial score (nSPS) is 11.6. The smallest absolute Gasteiger partial charge is 0.0992 e. The molecule has 2 rings (SSSR count). The third kappa shape index (κ3) is 5.27. The monoisotopic (exact) mass is 282 g/mol. The van der Waals surface area contributed by atoms with E-state index in [9.17, 15) is 5.11 Å². The number of nitriles is 1. The van der Waals surface area contributed by atoms with Gasteiger partial charge in [-0.05, 0) is 23.8 Å². The van der Waals surface area contributed by atoms with Crippen molar-refractivity contribution in [1.29, 1.82) is 5.26 Å². The second-order valence-electron chi connectivity index (χ2n) is 4.73. The molecule has 0 aliphatic heterocycles. The molecule has 0 amide bonds. The molecule has 0 aliphatic carbocycles. The average Bonchev–Trinajstić information content (AvgIpc) is 2.54. The number of hydrogen-bond acceptors (Lipinski definition) is 4. The van der Waals surface area contributed by atoms with Crippen LogP contribution in [0.15, 0.2) is 54.6 Å². The van der Waals surface area contributed by atoms with Crippen molar-refractivity contribution in [3.8, 4) is 6.07 Å². The van der Waals surface area contributed by atoms with Gasteiger partial charge in [-0.2, -0.15) is 5.26 Å². The lowest BCUT2D eigenvalue weighted by Crippen LogP contribution is -2.24. The first-order valence-electron chi connectivity index (χ1n) is 6.81. The Hall–Kier alpha value is -2.35. The average molecular weight is 282 g/mol. The van der Waals surface area contributed by atoms with Crippen LogP contribution in [0.1, 0.15) is 11.1 Å². The summed E-state index contributed by atoms with van der Waals surface area (Å²) in [7, 11) is 0. The standard InChI is InChI=1S/C17H18N2O2/c18-10-15-7-4-8-16(9-15)19-11-17(20)13-21-12-14-5-2-1-3-6-14/h1-9,17,19-20H,11-13H2. The Morgan fingerprint density at radius 3 is 2.71 bits per heavy atom. The van der Waals surface area contributed by atoms with Crippen molar-refractivity contribution in [3.63, 3.8) is 0 Å². The van der Waals surface area contributed by atoms with Crippen molar-refractivity contribution in [2.24, 2.45) is 0 Å². The Labute approximate surface area is 124 Å². The molecule has 0 radical (unpaired) electrons. The zero-order chi connectivity index (χ0) is 14.9. The van der Waals surface area contributed by atoms with Gasteiger partial charge in [-0.1, -0.05) is 36.4 Å². The van der Waals surface area contributed by atoms with E-state index in [1.54, 1.807) is 18.2 Å². The van der Waals surface area contributed by atoms with Gasteiger partial charge >= 0.3 is 0 Å². The van der Waals surface area contributed by atoms with Gasteiger partial charge in [0.15, 0.2) is 0 Å². The molecule has 0 heterocycles. The van der Waals surface area contributed by atoms with E-state index in [2.05, 4.69) is 11.4 Å². The van der Waals surface area contributed by atoms with E-state index in [4.69, 9.17) is 10.00 Å². The molecule has 4 nitrogen and oxygen atoms in total. The van der Waals surface area contributed by atoms with Crippen molar-refractivity contribution in [2.75, 3.05) is 18.5 Å². The molecule has 4 heteroatoms. The first-order valence-corrected chi connectivity index (χ1v) is 6.81. The summed E-state index contributed by atoms with van der Waals surface area (Å²) in [6.45, 7) is 1.13. The summed E-state index contributed by atoms with van der Waals surface area (Å²) in [4.78, 5) is 0. The molecule has 0 bridgehead atoms. The third-order valence-corrected chi connectivity index (χ3v) is 2.96. The number of ether oxygens (including phenoxy) is 1.